The van der Waals surface area contributed by atoms with Crippen molar-refractivity contribution < 1.29 is 9.59 Å². The highest BCUT2D eigenvalue weighted by atomic mass is 16.2. The first kappa shape index (κ1) is 15.4. The SMILES string of the molecule is CC1(C)CC(=O)C/C(=N/NC(=O)CCc2ccccc2)C1. The monoisotopic (exact) mass is 286 g/mol. The highest BCUT2D eigenvalue weighted by Crippen LogP contribution is 2.31. The van der Waals surface area contributed by atoms with Crippen LogP contribution in [-0.4, -0.2) is 17.4 Å². The lowest BCUT2D eigenvalue weighted by Crippen LogP contribution is -2.31. The summed E-state index contributed by atoms with van der Waals surface area (Å²) in [5.41, 5.74) is 4.44. The third kappa shape index (κ3) is 5.14. The van der Waals surface area contributed by atoms with Gasteiger partial charge in [-0.2, -0.15) is 5.10 Å². The van der Waals surface area contributed by atoms with Gasteiger partial charge in [0.25, 0.3) is 0 Å². The number of benzene rings is 1. The van der Waals surface area contributed by atoms with E-state index in [0.717, 1.165) is 17.7 Å². The topological polar surface area (TPSA) is 58.5 Å². The first-order valence-electron chi connectivity index (χ1n) is 7.34. The summed E-state index contributed by atoms with van der Waals surface area (Å²) in [6.07, 6.45) is 2.81. The van der Waals surface area contributed by atoms with Gasteiger partial charge in [0.05, 0.1) is 0 Å². The predicted octanol–water partition coefficient (Wildman–Crippen LogP) is 2.87. The highest BCUT2D eigenvalue weighted by Gasteiger charge is 2.30. The number of ketones is 1. The molecule has 0 aliphatic heterocycles. The van der Waals surface area contributed by atoms with Gasteiger partial charge in [0.15, 0.2) is 0 Å². The van der Waals surface area contributed by atoms with Crippen LogP contribution < -0.4 is 5.43 Å². The van der Waals surface area contributed by atoms with Crippen LogP contribution in [0, 0.1) is 5.41 Å². The Hall–Kier alpha value is -1.97. The Balaban J connectivity index is 1.83. The Bertz CT molecular complexity index is 547. The van der Waals surface area contributed by atoms with Crippen molar-refractivity contribution in [3.63, 3.8) is 0 Å². The van der Waals surface area contributed by atoms with Crippen molar-refractivity contribution in [1.82, 2.24) is 5.43 Å². The van der Waals surface area contributed by atoms with E-state index in [-0.39, 0.29) is 17.1 Å². The van der Waals surface area contributed by atoms with E-state index in [2.05, 4.69) is 24.4 Å². The van der Waals surface area contributed by atoms with E-state index in [0.29, 0.717) is 25.7 Å². The van der Waals surface area contributed by atoms with Gasteiger partial charge in [-0.15, -0.1) is 0 Å². The molecule has 4 nitrogen and oxygen atoms in total. The van der Waals surface area contributed by atoms with Crippen LogP contribution in [-0.2, 0) is 16.0 Å². The molecular formula is C17H22N2O2. The number of hydrogen-bond acceptors (Lipinski definition) is 3. The smallest absolute Gasteiger partial charge is 0.240 e. The van der Waals surface area contributed by atoms with Crippen molar-refractivity contribution in [3.8, 4) is 0 Å². The minimum Gasteiger partial charge on any atom is -0.299 e. The molecule has 0 atom stereocenters. The van der Waals surface area contributed by atoms with Gasteiger partial charge in [0.1, 0.15) is 5.78 Å². The van der Waals surface area contributed by atoms with Crippen molar-refractivity contribution in [3.05, 3.63) is 35.9 Å². The molecule has 1 aromatic rings. The maximum absolute atomic E-state index is 11.8. The molecule has 2 rings (SSSR count). The lowest BCUT2D eigenvalue weighted by molar-refractivity contribution is -0.122. The molecule has 1 aliphatic carbocycles. The lowest BCUT2D eigenvalue weighted by atomic mass is 9.76. The second kappa shape index (κ2) is 6.66. The molecule has 1 amide bonds. The number of Topliss-reactive ketones (excluding diaryl/α,β-unsaturated/α-hetero) is 1. The fourth-order valence-corrected chi connectivity index (χ4v) is 2.68. The van der Waals surface area contributed by atoms with Gasteiger partial charge in [-0.25, -0.2) is 5.43 Å². The van der Waals surface area contributed by atoms with E-state index < -0.39 is 0 Å². The zero-order valence-corrected chi connectivity index (χ0v) is 12.7. The molecule has 1 N–H and O–H groups in total. The summed E-state index contributed by atoms with van der Waals surface area (Å²) in [7, 11) is 0. The van der Waals surface area contributed by atoms with Gasteiger partial charge in [0, 0.05) is 25.0 Å². The van der Waals surface area contributed by atoms with Crippen LogP contribution in [0.25, 0.3) is 0 Å². The van der Waals surface area contributed by atoms with Gasteiger partial charge in [-0.05, 0) is 23.8 Å². The standard InChI is InChI=1S/C17H22N2O2/c1-17(2)11-14(10-15(20)12-17)18-19-16(21)9-8-13-6-4-3-5-7-13/h3-7H,8-12H2,1-2H3,(H,19,21)/b18-14-. The molecule has 0 heterocycles. The van der Waals surface area contributed by atoms with Crippen molar-refractivity contribution in [1.29, 1.82) is 0 Å². The third-order valence-corrected chi connectivity index (χ3v) is 3.58. The van der Waals surface area contributed by atoms with Crippen LogP contribution >= 0.6 is 0 Å². The molecule has 1 saturated carbocycles. The van der Waals surface area contributed by atoms with Crippen molar-refractivity contribution >= 4 is 17.4 Å². The number of carbonyl (C=O) groups excluding carboxylic acids is 2. The summed E-state index contributed by atoms with van der Waals surface area (Å²) in [4.78, 5) is 23.4. The Labute approximate surface area is 125 Å². The van der Waals surface area contributed by atoms with Gasteiger partial charge in [0.2, 0.25) is 5.91 Å². The maximum atomic E-state index is 11.8. The Morgan fingerprint density at radius 2 is 1.95 bits per heavy atom. The van der Waals surface area contributed by atoms with Gasteiger partial charge >= 0.3 is 0 Å². The molecule has 0 bridgehead atoms. The molecular weight excluding hydrogens is 264 g/mol. The number of nitrogens with zero attached hydrogens (tertiary/aromatic N) is 1. The van der Waals surface area contributed by atoms with Gasteiger partial charge in [-0.3, -0.25) is 9.59 Å². The molecule has 1 aliphatic rings. The Morgan fingerprint density at radius 1 is 1.24 bits per heavy atom. The van der Waals surface area contributed by atoms with E-state index in [9.17, 15) is 9.59 Å². The summed E-state index contributed by atoms with van der Waals surface area (Å²) in [6.45, 7) is 4.10. The number of aryl methyl sites for hydroxylation is 1. The molecule has 0 radical (unpaired) electrons. The van der Waals surface area contributed by atoms with Crippen LogP contribution in [0.2, 0.25) is 0 Å². The fourth-order valence-electron chi connectivity index (χ4n) is 2.68. The van der Waals surface area contributed by atoms with Gasteiger partial charge < -0.3 is 0 Å². The molecule has 4 heteroatoms. The van der Waals surface area contributed by atoms with Crippen molar-refractivity contribution in [2.75, 3.05) is 0 Å². The molecule has 0 saturated heterocycles. The number of nitrogens with one attached hydrogen (secondary N) is 1. The zero-order chi connectivity index (χ0) is 15.3. The normalized spacial score (nSPS) is 19.5. The second-order valence-corrected chi connectivity index (χ2v) is 6.43. The first-order chi connectivity index (χ1) is 9.94. The Kier molecular flexibility index (Phi) is 4.89. The van der Waals surface area contributed by atoms with E-state index >= 15 is 0 Å². The summed E-state index contributed by atoms with van der Waals surface area (Å²) in [6, 6.07) is 9.88. The first-order valence-corrected chi connectivity index (χ1v) is 7.34. The van der Waals surface area contributed by atoms with Crippen LogP contribution in [0.3, 0.4) is 0 Å². The lowest BCUT2D eigenvalue weighted by Gasteiger charge is -2.28. The molecule has 0 spiro atoms. The summed E-state index contributed by atoms with van der Waals surface area (Å²) < 4.78 is 0. The molecule has 1 fully saturated rings. The minimum absolute atomic E-state index is 0.0526. The maximum Gasteiger partial charge on any atom is 0.240 e. The van der Waals surface area contributed by atoms with E-state index in [1.807, 2.05) is 30.3 Å². The van der Waals surface area contributed by atoms with E-state index in [4.69, 9.17) is 0 Å². The van der Waals surface area contributed by atoms with E-state index in [1.165, 1.54) is 0 Å². The fraction of sp³-hybridized carbons (Fsp3) is 0.471. The summed E-state index contributed by atoms with van der Waals surface area (Å²) in [5, 5.41) is 4.14. The van der Waals surface area contributed by atoms with Gasteiger partial charge in [-0.1, -0.05) is 44.2 Å². The quantitative estimate of drug-likeness (QED) is 0.865. The van der Waals surface area contributed by atoms with Crippen LogP contribution in [0.5, 0.6) is 0 Å². The zero-order valence-electron chi connectivity index (χ0n) is 12.7. The molecule has 1 aromatic carbocycles. The molecule has 0 aromatic heterocycles. The Morgan fingerprint density at radius 3 is 2.62 bits per heavy atom. The average Bonchev–Trinajstić information content (AvgIpc) is 2.42. The third-order valence-electron chi connectivity index (χ3n) is 3.58. The number of amides is 1. The van der Waals surface area contributed by atoms with Crippen LogP contribution in [0.15, 0.2) is 35.4 Å². The minimum atomic E-state index is -0.109. The summed E-state index contributed by atoms with van der Waals surface area (Å²) in [5.74, 6) is 0.0886. The number of rotatable bonds is 4. The predicted molar refractivity (Wildman–Crippen MR) is 83.0 cm³/mol. The van der Waals surface area contributed by atoms with E-state index in [1.54, 1.807) is 0 Å². The average molecular weight is 286 g/mol. The number of hydrazone groups is 1. The largest absolute Gasteiger partial charge is 0.299 e. The number of carbonyl (C=O) groups is 2. The van der Waals surface area contributed by atoms with Crippen molar-refractivity contribution in [2.45, 2.75) is 46.0 Å². The number of hydrogen-bond donors (Lipinski definition) is 1. The summed E-state index contributed by atoms with van der Waals surface area (Å²) >= 11 is 0. The second-order valence-electron chi connectivity index (χ2n) is 6.43. The van der Waals surface area contributed by atoms with Crippen LogP contribution in [0.4, 0.5) is 0 Å². The molecule has 21 heavy (non-hydrogen) atoms. The molecule has 112 valence electrons. The van der Waals surface area contributed by atoms with Crippen molar-refractivity contribution in [2.24, 2.45) is 10.5 Å². The molecule has 0 unspecified atom stereocenters. The van der Waals surface area contributed by atoms with Crippen LogP contribution in [0.1, 0.15) is 45.1 Å². The highest BCUT2D eigenvalue weighted by molar-refractivity contribution is 6.05.